The molecule has 1 heterocycles. The number of hydrogen-bond donors (Lipinski definition) is 0. The Morgan fingerprint density at radius 3 is 0.933 bits per heavy atom. The fraction of sp³-hybridized carbons (Fsp3) is 1.00. The van der Waals surface area contributed by atoms with Crippen LogP contribution in [-0.2, 0) is 0 Å². The zero-order valence-electron chi connectivity index (χ0n) is 23.8. The Labute approximate surface area is 198 Å². The van der Waals surface area contributed by atoms with Gasteiger partial charge >= 0.3 is 0 Å². The molecule has 0 bridgehead atoms. The minimum absolute atomic E-state index is 0.157. The Kier molecular flexibility index (Phi) is 8.11. The zero-order valence-corrected chi connectivity index (χ0v) is 29.4. The van der Waals surface area contributed by atoms with Gasteiger partial charge in [0.15, 0.2) is 0 Å². The highest BCUT2D eigenvalue weighted by Crippen LogP contribution is 2.98. The summed E-state index contributed by atoms with van der Waals surface area (Å²) in [5.74, 6) is 0. The Balaban J connectivity index is 3.82. The van der Waals surface area contributed by atoms with Crippen molar-refractivity contribution in [2.75, 3.05) is 0 Å². The van der Waals surface area contributed by atoms with E-state index in [-0.39, 0.29) is 13.0 Å². The van der Waals surface area contributed by atoms with Crippen molar-refractivity contribution in [3.63, 3.8) is 0 Å². The van der Waals surface area contributed by atoms with Crippen LogP contribution in [0.2, 0.25) is 30.2 Å². The number of rotatable bonds is 3. The molecule has 0 aliphatic carbocycles. The summed E-state index contributed by atoms with van der Waals surface area (Å²) in [6.07, 6.45) is 0.167. The van der Waals surface area contributed by atoms with Crippen LogP contribution in [0.3, 0.4) is 0 Å². The van der Waals surface area contributed by atoms with E-state index in [1.54, 1.807) is 0 Å². The van der Waals surface area contributed by atoms with Crippen LogP contribution < -0.4 is 0 Å². The van der Waals surface area contributed by atoms with E-state index >= 15 is 0 Å². The second kappa shape index (κ2) is 8.17. The van der Waals surface area contributed by atoms with Crippen molar-refractivity contribution in [3.05, 3.63) is 0 Å². The van der Waals surface area contributed by atoms with Gasteiger partial charge in [0.25, 0.3) is 0 Å². The Morgan fingerprint density at radius 1 is 0.467 bits per heavy atom. The van der Waals surface area contributed by atoms with Gasteiger partial charge in [-0.25, -0.2) is 0 Å². The molecule has 0 saturated heterocycles. The predicted octanol–water partition coefficient (Wildman–Crippen LogP) is 13.2. The molecule has 2 unspecified atom stereocenters. The lowest BCUT2D eigenvalue weighted by molar-refractivity contribution is 0.558. The summed E-state index contributed by atoms with van der Waals surface area (Å²) in [5.41, 5.74) is 0. The summed E-state index contributed by atoms with van der Waals surface area (Å²) in [5, 5.41) is 2.60. The molecule has 0 radical (unpaired) electrons. The predicted molar refractivity (Wildman–Crippen MR) is 157 cm³/mol. The molecule has 30 heavy (non-hydrogen) atoms. The van der Waals surface area contributed by atoms with Gasteiger partial charge in [-0.1, -0.05) is 147 Å². The highest BCUT2D eigenvalue weighted by Gasteiger charge is 2.57. The Morgan fingerprint density at radius 2 is 0.733 bits per heavy atom. The van der Waals surface area contributed by atoms with Gasteiger partial charge < -0.3 is 28.4 Å². The van der Waals surface area contributed by atoms with Crippen molar-refractivity contribution in [2.45, 2.75) is 155 Å². The molecule has 2 atom stereocenters. The van der Waals surface area contributed by atoms with E-state index in [0.29, 0.717) is 30.2 Å². The average Bonchev–Trinajstić information content (AvgIpc) is 3.04. The van der Waals surface area contributed by atoms with Crippen molar-refractivity contribution < 1.29 is 0 Å². The van der Waals surface area contributed by atoms with Gasteiger partial charge in [0.1, 0.15) is 0 Å². The van der Waals surface area contributed by atoms with E-state index in [9.17, 15) is 0 Å². The molecule has 0 fully saturated rings. The maximum absolute atomic E-state index is 2.61. The van der Waals surface area contributed by atoms with Gasteiger partial charge in [-0.15, -0.1) is 0 Å². The van der Waals surface area contributed by atoms with E-state index in [0.717, 1.165) is 0 Å². The van der Waals surface area contributed by atoms with Crippen LogP contribution in [0.1, 0.15) is 125 Å². The Bertz CT molecular complexity index is 635. The van der Waals surface area contributed by atoms with Crippen LogP contribution in [0.25, 0.3) is 0 Å². The Hall–Kier alpha value is 1.76. The molecule has 0 nitrogen and oxygen atoms in total. The van der Waals surface area contributed by atoms with E-state index < -0.39 is 15.5 Å². The minimum atomic E-state index is -1.67. The SMILES string of the molecule is CC(C)(C)[Si]([P-]p1[p-]p1[Si](C(C)(C)C)(C(C)(C)C)C(C)(C)C)(C(C)(C)C)C(C)(C)C. The van der Waals surface area contributed by atoms with E-state index in [4.69, 9.17) is 0 Å². The largest absolute Gasteiger partial charge is 0.569 e. The summed E-state index contributed by atoms with van der Waals surface area (Å²) in [6, 6.07) is 0. The molecule has 180 valence electrons. The molecule has 6 heteroatoms. The maximum Gasteiger partial charge on any atom is 0.0436 e. The van der Waals surface area contributed by atoms with Gasteiger partial charge in [0, 0.05) is 7.74 Å². The quantitative estimate of drug-likeness (QED) is 0.273. The monoisotopic (exact) mass is 522 g/mol. The van der Waals surface area contributed by atoms with E-state index in [1.807, 2.05) is 15.4 Å². The fourth-order valence-electron chi connectivity index (χ4n) is 8.56. The molecule has 0 amide bonds. The van der Waals surface area contributed by atoms with Gasteiger partial charge in [-0.05, 0) is 15.1 Å². The summed E-state index contributed by atoms with van der Waals surface area (Å²) < 4.78 is 0. The number of hydrogen-bond acceptors (Lipinski definition) is 0. The molecular formula is C24H54P4Si2-2. The smallest absolute Gasteiger partial charge is 0.0436 e. The van der Waals surface area contributed by atoms with Gasteiger partial charge in [-0.2, -0.15) is 0 Å². The highest BCUT2D eigenvalue weighted by molar-refractivity contribution is 8.91. The van der Waals surface area contributed by atoms with Crippen LogP contribution in [-0.4, -0.2) is 15.5 Å². The van der Waals surface area contributed by atoms with Crippen LogP contribution in [0.4, 0.5) is 0 Å². The van der Waals surface area contributed by atoms with Crippen LogP contribution >= 0.6 is 28.4 Å². The third kappa shape index (κ3) is 4.65. The van der Waals surface area contributed by atoms with Crippen molar-refractivity contribution in [2.24, 2.45) is 0 Å². The summed E-state index contributed by atoms with van der Waals surface area (Å²) in [6.45, 7) is 46.9. The summed E-state index contributed by atoms with van der Waals surface area (Å²) in [4.78, 5) is 0. The second-order valence-corrected chi connectivity index (χ2v) is 51.0. The van der Waals surface area contributed by atoms with Gasteiger partial charge in [0.05, 0.1) is 0 Å². The molecule has 1 aromatic heterocycles. The van der Waals surface area contributed by atoms with Crippen molar-refractivity contribution in [3.8, 4) is 0 Å². The minimum Gasteiger partial charge on any atom is -0.569 e. The van der Waals surface area contributed by atoms with Gasteiger partial charge in [0.2, 0.25) is 0 Å². The molecule has 0 N–H and O–H groups in total. The summed E-state index contributed by atoms with van der Waals surface area (Å²) in [7, 11) is 0.575. The first-order valence-corrected chi connectivity index (χ1v) is 24.7. The topological polar surface area (TPSA) is 0 Å². The van der Waals surface area contributed by atoms with E-state index in [2.05, 4.69) is 125 Å². The first kappa shape index (κ1) is 29.8. The fourth-order valence-corrected chi connectivity index (χ4v) is 113. The third-order valence-electron chi connectivity index (χ3n) is 7.36. The third-order valence-corrected chi connectivity index (χ3v) is 70.8. The molecule has 0 aromatic carbocycles. The molecule has 0 saturated carbocycles. The van der Waals surface area contributed by atoms with Crippen LogP contribution in [0, 0.1) is 0 Å². The highest BCUT2D eigenvalue weighted by atomic mass is 32.9. The standard InChI is InChI=1S/C24H54P4Si2/c1-19(2,3)29(20(4,5)6,21(7,8)9)26-27-25-28(27)30(22(10,11)12,23(13,14)15)24(16,17)18/h1-18H3/q-2. The zero-order chi connectivity index (χ0) is 24.6. The lowest BCUT2D eigenvalue weighted by atomic mass is 10.2. The van der Waals surface area contributed by atoms with E-state index in [1.165, 1.54) is 0 Å². The average molecular weight is 523 g/mol. The van der Waals surface area contributed by atoms with Crippen LogP contribution in [0.5, 0.6) is 0 Å². The second-order valence-electron chi connectivity index (χ2n) is 15.7. The van der Waals surface area contributed by atoms with Crippen molar-refractivity contribution in [1.29, 1.82) is 0 Å². The molecule has 0 aliphatic rings. The lowest BCUT2D eigenvalue weighted by Crippen LogP contribution is -2.54. The van der Waals surface area contributed by atoms with Crippen molar-refractivity contribution in [1.82, 2.24) is 0 Å². The maximum atomic E-state index is 2.61. The van der Waals surface area contributed by atoms with Gasteiger partial charge in [-0.3, -0.25) is 0 Å². The molecular weight excluding hydrogens is 468 g/mol. The summed E-state index contributed by atoms with van der Waals surface area (Å²) >= 11 is 0. The first-order chi connectivity index (χ1) is 12.7. The molecule has 1 aromatic rings. The van der Waals surface area contributed by atoms with Crippen LogP contribution in [0.15, 0.2) is 0 Å². The normalized spacial score (nSPS) is 18.3. The van der Waals surface area contributed by atoms with Crippen molar-refractivity contribution >= 4 is 43.9 Å². The molecule has 0 spiro atoms. The molecule has 1 rings (SSSR count). The first-order valence-electron chi connectivity index (χ1n) is 11.7. The lowest BCUT2D eigenvalue weighted by Gasteiger charge is -2.71. The molecule has 0 aliphatic heterocycles.